The van der Waals surface area contributed by atoms with Crippen molar-refractivity contribution in [2.45, 2.75) is 13.0 Å². The largest absolute Gasteiger partial charge is 0.492 e. The summed E-state index contributed by atoms with van der Waals surface area (Å²) in [6, 6.07) is 9.67. The Bertz CT molecular complexity index is 279. The zero-order valence-electron chi connectivity index (χ0n) is 10.3. The number of aliphatic hydroxyl groups excluding tert-OH is 1. The Morgan fingerprint density at radius 2 is 2.06 bits per heavy atom. The van der Waals surface area contributed by atoms with E-state index >= 15 is 0 Å². The van der Waals surface area contributed by atoms with Gasteiger partial charge in [0.25, 0.3) is 0 Å². The van der Waals surface area contributed by atoms with Crippen molar-refractivity contribution in [3.05, 3.63) is 30.3 Å². The Hall–Kier alpha value is -1.10. The second-order valence-corrected chi connectivity index (χ2v) is 3.68. The molecule has 0 saturated heterocycles. The van der Waals surface area contributed by atoms with Crippen LogP contribution in [0.3, 0.4) is 0 Å². The van der Waals surface area contributed by atoms with Gasteiger partial charge in [-0.05, 0) is 19.1 Å². The lowest BCUT2D eigenvalue weighted by Gasteiger charge is -2.12. The highest BCUT2D eigenvalue weighted by atomic mass is 16.5. The molecule has 96 valence electrons. The number of nitrogens with one attached hydrogen (secondary N) is 1. The summed E-state index contributed by atoms with van der Waals surface area (Å²) >= 11 is 0. The van der Waals surface area contributed by atoms with E-state index in [1.54, 1.807) is 0 Å². The number of rotatable bonds is 9. The van der Waals surface area contributed by atoms with Crippen LogP contribution in [0.25, 0.3) is 0 Å². The Morgan fingerprint density at radius 3 is 2.76 bits per heavy atom. The summed E-state index contributed by atoms with van der Waals surface area (Å²) in [5, 5.41) is 12.6. The molecule has 1 aromatic rings. The zero-order valence-corrected chi connectivity index (χ0v) is 10.3. The van der Waals surface area contributed by atoms with Crippen LogP contribution in [-0.2, 0) is 4.74 Å². The highest BCUT2D eigenvalue weighted by Crippen LogP contribution is 2.07. The molecular weight excluding hydrogens is 218 g/mol. The van der Waals surface area contributed by atoms with E-state index in [4.69, 9.17) is 9.47 Å². The molecule has 1 aromatic carbocycles. The fourth-order valence-corrected chi connectivity index (χ4v) is 1.34. The van der Waals surface area contributed by atoms with Crippen LogP contribution in [0.15, 0.2) is 30.3 Å². The normalized spacial score (nSPS) is 12.4. The van der Waals surface area contributed by atoms with Gasteiger partial charge in [-0.2, -0.15) is 0 Å². The molecule has 17 heavy (non-hydrogen) atoms. The van der Waals surface area contributed by atoms with E-state index in [1.165, 1.54) is 0 Å². The van der Waals surface area contributed by atoms with Crippen LogP contribution in [0.4, 0.5) is 0 Å². The monoisotopic (exact) mass is 239 g/mol. The van der Waals surface area contributed by atoms with Gasteiger partial charge >= 0.3 is 0 Å². The second-order valence-electron chi connectivity index (χ2n) is 3.68. The maximum atomic E-state index is 9.47. The topological polar surface area (TPSA) is 50.7 Å². The number of para-hydroxylation sites is 1. The van der Waals surface area contributed by atoms with Crippen molar-refractivity contribution in [3.8, 4) is 5.75 Å². The van der Waals surface area contributed by atoms with Crippen molar-refractivity contribution in [1.29, 1.82) is 0 Å². The van der Waals surface area contributed by atoms with Crippen LogP contribution < -0.4 is 10.1 Å². The molecule has 0 heterocycles. The van der Waals surface area contributed by atoms with Crippen LogP contribution in [0, 0.1) is 0 Å². The van der Waals surface area contributed by atoms with Crippen molar-refractivity contribution in [3.63, 3.8) is 0 Å². The lowest BCUT2D eigenvalue weighted by atomic mass is 10.3. The van der Waals surface area contributed by atoms with E-state index in [1.807, 2.05) is 37.3 Å². The minimum absolute atomic E-state index is 0.378. The molecule has 0 saturated carbocycles. The average molecular weight is 239 g/mol. The molecule has 0 aliphatic heterocycles. The van der Waals surface area contributed by atoms with Gasteiger partial charge in [-0.1, -0.05) is 18.2 Å². The quantitative estimate of drug-likeness (QED) is 0.633. The lowest BCUT2D eigenvalue weighted by Crippen LogP contribution is -2.32. The third kappa shape index (κ3) is 6.94. The van der Waals surface area contributed by atoms with Crippen molar-refractivity contribution >= 4 is 0 Å². The molecule has 0 aliphatic carbocycles. The van der Waals surface area contributed by atoms with Crippen LogP contribution in [0.5, 0.6) is 5.75 Å². The predicted octanol–water partition coefficient (Wildman–Crippen LogP) is 1.05. The van der Waals surface area contributed by atoms with E-state index in [0.717, 1.165) is 5.75 Å². The van der Waals surface area contributed by atoms with Crippen molar-refractivity contribution in [2.24, 2.45) is 0 Å². The number of hydrogen-bond acceptors (Lipinski definition) is 4. The van der Waals surface area contributed by atoms with Crippen LogP contribution in [0.2, 0.25) is 0 Å². The first-order valence-electron chi connectivity index (χ1n) is 5.97. The maximum Gasteiger partial charge on any atom is 0.119 e. The average Bonchev–Trinajstić information content (AvgIpc) is 2.37. The molecule has 0 amide bonds. The smallest absolute Gasteiger partial charge is 0.119 e. The van der Waals surface area contributed by atoms with Crippen molar-refractivity contribution in [2.75, 3.05) is 32.9 Å². The standard InChI is InChI=1S/C13H21NO3/c1-2-16-11-12(15)10-14-8-9-17-13-6-4-3-5-7-13/h3-7,12,14-15H,2,8-11H2,1H3. The van der Waals surface area contributed by atoms with E-state index in [2.05, 4.69) is 5.32 Å². The number of ether oxygens (including phenoxy) is 2. The molecule has 4 heteroatoms. The summed E-state index contributed by atoms with van der Waals surface area (Å²) in [6.45, 7) is 4.74. The SMILES string of the molecule is CCOCC(O)CNCCOc1ccccc1. The summed E-state index contributed by atoms with van der Waals surface area (Å²) in [7, 11) is 0. The molecule has 0 aliphatic rings. The van der Waals surface area contributed by atoms with E-state index in [-0.39, 0.29) is 0 Å². The predicted molar refractivity (Wildman–Crippen MR) is 67.3 cm³/mol. The van der Waals surface area contributed by atoms with Crippen molar-refractivity contribution in [1.82, 2.24) is 5.32 Å². The highest BCUT2D eigenvalue weighted by Gasteiger charge is 2.02. The Labute approximate surface area is 103 Å². The zero-order chi connectivity index (χ0) is 12.3. The fourth-order valence-electron chi connectivity index (χ4n) is 1.34. The van der Waals surface area contributed by atoms with Gasteiger partial charge in [-0.3, -0.25) is 0 Å². The van der Waals surface area contributed by atoms with Crippen LogP contribution in [-0.4, -0.2) is 44.1 Å². The van der Waals surface area contributed by atoms with Gasteiger partial charge in [0.2, 0.25) is 0 Å². The minimum atomic E-state index is -0.452. The van der Waals surface area contributed by atoms with Gasteiger partial charge in [-0.25, -0.2) is 0 Å². The fraction of sp³-hybridized carbons (Fsp3) is 0.538. The lowest BCUT2D eigenvalue weighted by molar-refractivity contribution is 0.0425. The number of hydrogen-bond donors (Lipinski definition) is 2. The van der Waals surface area contributed by atoms with E-state index < -0.39 is 6.10 Å². The first-order chi connectivity index (χ1) is 8.33. The Kier molecular flexibility index (Phi) is 7.38. The van der Waals surface area contributed by atoms with E-state index in [0.29, 0.717) is 32.9 Å². The van der Waals surface area contributed by atoms with Gasteiger partial charge in [-0.15, -0.1) is 0 Å². The second kappa shape index (κ2) is 8.98. The molecule has 1 rings (SSSR count). The summed E-state index contributed by atoms with van der Waals surface area (Å²) < 4.78 is 10.6. The van der Waals surface area contributed by atoms with Gasteiger partial charge in [0.15, 0.2) is 0 Å². The van der Waals surface area contributed by atoms with Crippen molar-refractivity contribution < 1.29 is 14.6 Å². The van der Waals surface area contributed by atoms with E-state index in [9.17, 15) is 5.11 Å². The van der Waals surface area contributed by atoms with Gasteiger partial charge < -0.3 is 19.9 Å². The Balaban J connectivity index is 1.97. The first kappa shape index (κ1) is 14.0. The van der Waals surface area contributed by atoms with Crippen LogP contribution in [0.1, 0.15) is 6.92 Å². The third-order valence-electron chi connectivity index (χ3n) is 2.19. The summed E-state index contributed by atoms with van der Waals surface area (Å²) in [5.74, 6) is 0.865. The molecule has 0 fully saturated rings. The molecule has 0 bridgehead atoms. The molecule has 2 N–H and O–H groups in total. The Morgan fingerprint density at radius 1 is 1.29 bits per heavy atom. The molecule has 4 nitrogen and oxygen atoms in total. The highest BCUT2D eigenvalue weighted by molar-refractivity contribution is 5.20. The molecule has 0 spiro atoms. The summed E-state index contributed by atoms with van der Waals surface area (Å²) in [5.41, 5.74) is 0. The van der Waals surface area contributed by atoms with Gasteiger partial charge in [0.05, 0.1) is 12.7 Å². The van der Waals surface area contributed by atoms with Gasteiger partial charge in [0, 0.05) is 19.7 Å². The van der Waals surface area contributed by atoms with Gasteiger partial charge in [0.1, 0.15) is 12.4 Å². The summed E-state index contributed by atoms with van der Waals surface area (Å²) in [6.07, 6.45) is -0.452. The first-order valence-corrected chi connectivity index (χ1v) is 5.97. The molecule has 0 aromatic heterocycles. The number of benzene rings is 1. The molecule has 1 atom stereocenters. The summed E-state index contributed by atoms with van der Waals surface area (Å²) in [4.78, 5) is 0. The minimum Gasteiger partial charge on any atom is -0.492 e. The maximum absolute atomic E-state index is 9.47. The van der Waals surface area contributed by atoms with Crippen LogP contribution >= 0.6 is 0 Å². The number of aliphatic hydroxyl groups is 1. The molecular formula is C13H21NO3. The molecule has 0 radical (unpaired) electrons. The molecule has 1 unspecified atom stereocenters. The third-order valence-corrected chi connectivity index (χ3v) is 2.19.